The van der Waals surface area contributed by atoms with Crippen LogP contribution < -0.4 is 4.90 Å². The van der Waals surface area contributed by atoms with Gasteiger partial charge < -0.3 is 4.90 Å². The summed E-state index contributed by atoms with van der Waals surface area (Å²) in [6, 6.07) is 13.6. The molecular formula is C16H13ClN2O5S. The predicted octanol–water partition coefficient (Wildman–Crippen LogP) is 2.91. The van der Waals surface area contributed by atoms with Crippen LogP contribution in [0.15, 0.2) is 53.7 Å². The zero-order chi connectivity index (χ0) is 18.0. The van der Waals surface area contributed by atoms with Gasteiger partial charge in [0.2, 0.25) is 0 Å². The predicted molar refractivity (Wildman–Crippen MR) is 93.4 cm³/mol. The highest BCUT2D eigenvalue weighted by Gasteiger charge is 2.28. The maximum atomic E-state index is 12.8. The van der Waals surface area contributed by atoms with Crippen molar-refractivity contribution < 1.29 is 22.0 Å². The van der Waals surface area contributed by atoms with E-state index in [-0.39, 0.29) is 24.6 Å². The molecule has 25 heavy (non-hydrogen) atoms. The van der Waals surface area contributed by atoms with E-state index in [4.69, 9.17) is 16.2 Å². The van der Waals surface area contributed by atoms with E-state index < -0.39 is 10.4 Å². The van der Waals surface area contributed by atoms with Crippen LogP contribution in [0, 0.1) is 0 Å². The summed E-state index contributed by atoms with van der Waals surface area (Å²) < 4.78 is 34.3. The molecule has 2 aromatic carbocycles. The summed E-state index contributed by atoms with van der Waals surface area (Å²) in [5.41, 5.74) is 1.79. The molecule has 0 unspecified atom stereocenters. The molecule has 0 fully saturated rings. The second-order valence-electron chi connectivity index (χ2n) is 5.27. The van der Waals surface area contributed by atoms with E-state index in [0.717, 1.165) is 0 Å². The lowest BCUT2D eigenvalue weighted by molar-refractivity contribution is 0.0987. The van der Waals surface area contributed by atoms with Gasteiger partial charge >= 0.3 is 10.4 Å². The van der Waals surface area contributed by atoms with Gasteiger partial charge in [0.25, 0.3) is 5.91 Å². The Morgan fingerprint density at radius 2 is 1.92 bits per heavy atom. The van der Waals surface area contributed by atoms with E-state index in [2.05, 4.69) is 9.44 Å². The third kappa shape index (κ3) is 3.98. The van der Waals surface area contributed by atoms with Crippen LogP contribution in [-0.2, 0) is 14.7 Å². The third-order valence-corrected chi connectivity index (χ3v) is 4.14. The number of fused-ring (bicyclic) bond motifs is 1. The van der Waals surface area contributed by atoms with Crippen LogP contribution in [0.3, 0.4) is 0 Å². The Hall–Kier alpha value is -2.42. The van der Waals surface area contributed by atoms with Crippen LogP contribution in [0.5, 0.6) is 0 Å². The van der Waals surface area contributed by atoms with Gasteiger partial charge in [0.05, 0.1) is 11.4 Å². The van der Waals surface area contributed by atoms with Crippen LogP contribution >= 0.6 is 11.6 Å². The summed E-state index contributed by atoms with van der Waals surface area (Å²) in [4.78, 5) is 14.3. The lowest BCUT2D eigenvalue weighted by atomic mass is 9.98. The Morgan fingerprint density at radius 1 is 1.20 bits per heavy atom. The number of rotatable bonds is 3. The van der Waals surface area contributed by atoms with Crippen molar-refractivity contribution in [3.63, 3.8) is 0 Å². The number of nitrogens with zero attached hydrogens (tertiary/aromatic N) is 2. The number of anilines is 1. The van der Waals surface area contributed by atoms with E-state index in [9.17, 15) is 13.2 Å². The van der Waals surface area contributed by atoms with E-state index >= 15 is 0 Å². The molecule has 0 aromatic heterocycles. The molecule has 1 aliphatic rings. The van der Waals surface area contributed by atoms with Crippen molar-refractivity contribution in [1.82, 2.24) is 0 Å². The lowest BCUT2D eigenvalue weighted by Crippen LogP contribution is -2.37. The Kier molecular flexibility index (Phi) is 4.76. The van der Waals surface area contributed by atoms with Crippen molar-refractivity contribution in [1.29, 1.82) is 0 Å². The molecule has 0 bridgehead atoms. The number of hydrogen-bond donors (Lipinski definition) is 1. The van der Waals surface area contributed by atoms with Crippen LogP contribution in [0.1, 0.15) is 22.3 Å². The fourth-order valence-electron chi connectivity index (χ4n) is 2.58. The van der Waals surface area contributed by atoms with E-state index in [1.165, 1.54) is 0 Å². The minimum absolute atomic E-state index is 0.195. The molecule has 130 valence electrons. The van der Waals surface area contributed by atoms with Gasteiger partial charge in [0.1, 0.15) is 0 Å². The smallest absolute Gasteiger partial charge is 0.307 e. The SMILES string of the molecule is O=C(c1ccccc1)N1CC/C(=N\OS(=O)(=O)O)c2cc(Cl)ccc21. The first kappa shape index (κ1) is 17.4. The van der Waals surface area contributed by atoms with Gasteiger partial charge in [-0.15, -0.1) is 0 Å². The fourth-order valence-corrected chi connectivity index (χ4v) is 2.94. The highest BCUT2D eigenvalue weighted by atomic mass is 35.5. The first-order valence-corrected chi connectivity index (χ1v) is 8.99. The van der Waals surface area contributed by atoms with Gasteiger partial charge in [-0.05, 0) is 30.3 Å². The first-order valence-electron chi connectivity index (χ1n) is 7.25. The molecule has 0 saturated heterocycles. The molecular weight excluding hydrogens is 368 g/mol. The van der Waals surface area contributed by atoms with Gasteiger partial charge in [-0.25, -0.2) is 4.28 Å². The number of halogens is 1. The second-order valence-corrected chi connectivity index (χ2v) is 6.72. The average molecular weight is 381 g/mol. The highest BCUT2D eigenvalue weighted by molar-refractivity contribution is 7.80. The van der Waals surface area contributed by atoms with E-state index in [1.54, 1.807) is 47.4 Å². The van der Waals surface area contributed by atoms with Crippen LogP contribution in [0.2, 0.25) is 5.02 Å². The fraction of sp³-hybridized carbons (Fsp3) is 0.125. The molecule has 7 nitrogen and oxygen atoms in total. The Bertz CT molecular complexity index is 944. The van der Waals surface area contributed by atoms with Crippen molar-refractivity contribution >= 4 is 39.3 Å². The van der Waals surface area contributed by atoms with Crippen molar-refractivity contribution in [3.05, 3.63) is 64.7 Å². The topological polar surface area (TPSA) is 96.3 Å². The average Bonchev–Trinajstić information content (AvgIpc) is 2.59. The molecule has 1 aliphatic heterocycles. The molecule has 0 radical (unpaired) electrons. The molecule has 2 aromatic rings. The number of carbonyl (C=O) groups is 1. The zero-order valence-electron chi connectivity index (χ0n) is 12.8. The Morgan fingerprint density at radius 3 is 2.60 bits per heavy atom. The maximum absolute atomic E-state index is 12.8. The Labute approximate surface area is 149 Å². The van der Waals surface area contributed by atoms with Crippen LogP contribution in [0.4, 0.5) is 5.69 Å². The minimum atomic E-state index is -4.71. The molecule has 0 spiro atoms. The molecule has 0 atom stereocenters. The number of hydrogen-bond acceptors (Lipinski definition) is 5. The van der Waals surface area contributed by atoms with Gasteiger partial charge in [-0.2, -0.15) is 8.42 Å². The first-order chi connectivity index (χ1) is 11.8. The monoisotopic (exact) mass is 380 g/mol. The Balaban J connectivity index is 2.01. The number of carbonyl (C=O) groups excluding carboxylic acids is 1. The van der Waals surface area contributed by atoms with Crippen LogP contribution in [0.25, 0.3) is 0 Å². The van der Waals surface area contributed by atoms with Gasteiger partial charge in [0, 0.05) is 29.1 Å². The largest absolute Gasteiger partial charge is 0.466 e. The van der Waals surface area contributed by atoms with Crippen LogP contribution in [-0.4, -0.2) is 31.1 Å². The number of benzene rings is 2. The molecule has 1 amide bonds. The standard InChI is InChI=1S/C16H13ClN2O5S/c17-12-6-7-15-13(10-12)14(18-24-25(21,22)23)8-9-19(15)16(20)11-4-2-1-3-5-11/h1-7,10H,8-9H2,(H,21,22,23)/b18-14+. The van der Waals surface area contributed by atoms with Crippen molar-refractivity contribution in [2.45, 2.75) is 6.42 Å². The molecule has 1 N–H and O–H groups in total. The molecule has 0 aliphatic carbocycles. The summed E-state index contributed by atoms with van der Waals surface area (Å²) in [5.74, 6) is -0.195. The van der Waals surface area contributed by atoms with Gasteiger partial charge in [-0.3, -0.25) is 9.35 Å². The molecule has 9 heteroatoms. The number of oxime groups is 1. The zero-order valence-corrected chi connectivity index (χ0v) is 14.4. The quantitative estimate of drug-likeness (QED) is 0.652. The second kappa shape index (κ2) is 6.83. The summed E-state index contributed by atoms with van der Waals surface area (Å²) in [6.07, 6.45) is 0.238. The van der Waals surface area contributed by atoms with Crippen molar-refractivity contribution in [3.8, 4) is 0 Å². The van der Waals surface area contributed by atoms with Gasteiger partial charge in [-0.1, -0.05) is 35.0 Å². The highest BCUT2D eigenvalue weighted by Crippen LogP contribution is 2.31. The maximum Gasteiger partial charge on any atom is 0.466 e. The minimum Gasteiger partial charge on any atom is -0.307 e. The normalized spacial score (nSPS) is 15.8. The van der Waals surface area contributed by atoms with Crippen molar-refractivity contribution in [2.75, 3.05) is 11.4 Å². The summed E-state index contributed by atoms with van der Waals surface area (Å²) in [7, 11) is -4.71. The molecule has 0 saturated carbocycles. The number of amides is 1. The van der Waals surface area contributed by atoms with Crippen molar-refractivity contribution in [2.24, 2.45) is 5.16 Å². The van der Waals surface area contributed by atoms with E-state index in [0.29, 0.717) is 21.8 Å². The molecule has 1 heterocycles. The summed E-state index contributed by atoms with van der Waals surface area (Å²) in [5, 5.41) is 3.88. The summed E-state index contributed by atoms with van der Waals surface area (Å²) in [6.45, 7) is 0.274. The van der Waals surface area contributed by atoms with E-state index in [1.807, 2.05) is 6.07 Å². The van der Waals surface area contributed by atoms with Gasteiger partial charge in [0.15, 0.2) is 0 Å². The third-order valence-electron chi connectivity index (χ3n) is 3.64. The summed E-state index contributed by atoms with van der Waals surface area (Å²) >= 11 is 6.01. The lowest BCUT2D eigenvalue weighted by Gasteiger charge is -2.30. The molecule has 3 rings (SSSR count).